The van der Waals surface area contributed by atoms with Crippen LogP contribution in [0, 0.1) is 11.3 Å². The van der Waals surface area contributed by atoms with E-state index in [0.29, 0.717) is 31.7 Å². The van der Waals surface area contributed by atoms with E-state index in [2.05, 4.69) is 5.32 Å². The molecule has 2 aliphatic rings. The lowest BCUT2D eigenvalue weighted by Gasteiger charge is -2.24. The molecule has 0 unspecified atom stereocenters. The van der Waals surface area contributed by atoms with E-state index in [9.17, 15) is 14.7 Å². The van der Waals surface area contributed by atoms with Crippen LogP contribution in [-0.2, 0) is 9.59 Å². The van der Waals surface area contributed by atoms with Crippen molar-refractivity contribution in [2.75, 3.05) is 6.54 Å². The third-order valence-corrected chi connectivity index (χ3v) is 5.09. The summed E-state index contributed by atoms with van der Waals surface area (Å²) in [4.78, 5) is 23.5. The second-order valence-electron chi connectivity index (χ2n) is 6.63. The zero-order valence-electron chi connectivity index (χ0n) is 12.3. The van der Waals surface area contributed by atoms with E-state index in [1.165, 1.54) is 25.7 Å². The van der Waals surface area contributed by atoms with Crippen LogP contribution in [0.4, 0.5) is 0 Å². The van der Waals surface area contributed by atoms with Gasteiger partial charge in [-0.1, -0.05) is 38.5 Å². The number of hydrogen-bond acceptors (Lipinski definition) is 2. The molecule has 0 radical (unpaired) electrons. The van der Waals surface area contributed by atoms with Gasteiger partial charge in [0.25, 0.3) is 0 Å². The zero-order valence-corrected chi connectivity index (χ0v) is 12.3. The third-order valence-electron chi connectivity index (χ3n) is 5.09. The van der Waals surface area contributed by atoms with Gasteiger partial charge >= 0.3 is 5.97 Å². The Balaban J connectivity index is 1.77. The molecule has 114 valence electrons. The summed E-state index contributed by atoms with van der Waals surface area (Å²) < 4.78 is 0. The number of rotatable bonds is 5. The second kappa shape index (κ2) is 7.09. The molecule has 0 aromatic carbocycles. The number of carboxylic acid groups (broad SMARTS) is 1. The van der Waals surface area contributed by atoms with Crippen molar-refractivity contribution in [3.63, 3.8) is 0 Å². The molecule has 20 heavy (non-hydrogen) atoms. The van der Waals surface area contributed by atoms with Gasteiger partial charge in [0.2, 0.25) is 5.91 Å². The van der Waals surface area contributed by atoms with Crippen LogP contribution in [0.25, 0.3) is 0 Å². The Kier molecular flexibility index (Phi) is 5.44. The first-order valence-corrected chi connectivity index (χ1v) is 8.12. The zero-order chi connectivity index (χ0) is 14.4. The highest BCUT2D eigenvalue weighted by Crippen LogP contribution is 2.37. The van der Waals surface area contributed by atoms with Gasteiger partial charge in [-0.2, -0.15) is 0 Å². The predicted molar refractivity (Wildman–Crippen MR) is 77.4 cm³/mol. The van der Waals surface area contributed by atoms with Crippen molar-refractivity contribution in [3.05, 3.63) is 0 Å². The molecule has 4 nitrogen and oxygen atoms in total. The summed E-state index contributed by atoms with van der Waals surface area (Å²) in [7, 11) is 0. The molecule has 2 fully saturated rings. The number of carbonyl (C=O) groups is 2. The first-order chi connectivity index (χ1) is 9.62. The van der Waals surface area contributed by atoms with Crippen molar-refractivity contribution in [2.45, 2.75) is 70.6 Å². The summed E-state index contributed by atoms with van der Waals surface area (Å²) >= 11 is 0. The average molecular weight is 281 g/mol. The minimum atomic E-state index is -0.746. The minimum absolute atomic E-state index is 0.0458. The number of amides is 1. The SMILES string of the molecule is O=C(CC1CCCCCC1)NCC1(C(=O)O)CCCC1. The lowest BCUT2D eigenvalue weighted by atomic mass is 9.86. The molecule has 0 heterocycles. The molecule has 0 aromatic heterocycles. The smallest absolute Gasteiger partial charge is 0.311 e. The molecule has 0 bridgehead atoms. The average Bonchev–Trinajstić information content (AvgIpc) is 2.77. The maximum Gasteiger partial charge on any atom is 0.311 e. The summed E-state index contributed by atoms with van der Waals surface area (Å²) in [6.07, 6.45) is 11.3. The van der Waals surface area contributed by atoms with Gasteiger partial charge in [-0.3, -0.25) is 9.59 Å². The molecule has 0 spiro atoms. The Bertz CT molecular complexity index is 340. The van der Waals surface area contributed by atoms with Gasteiger partial charge in [0.1, 0.15) is 0 Å². The van der Waals surface area contributed by atoms with Crippen LogP contribution in [0.15, 0.2) is 0 Å². The second-order valence-corrected chi connectivity index (χ2v) is 6.63. The third kappa shape index (κ3) is 3.97. The number of hydrogen-bond donors (Lipinski definition) is 2. The van der Waals surface area contributed by atoms with E-state index in [4.69, 9.17) is 0 Å². The Labute approximate surface area is 121 Å². The molecule has 2 saturated carbocycles. The van der Waals surface area contributed by atoms with Crippen molar-refractivity contribution < 1.29 is 14.7 Å². The number of nitrogens with one attached hydrogen (secondary N) is 1. The highest BCUT2D eigenvalue weighted by atomic mass is 16.4. The summed E-state index contributed by atoms with van der Waals surface area (Å²) in [6.45, 7) is 0.313. The van der Waals surface area contributed by atoms with Gasteiger partial charge in [-0.05, 0) is 31.6 Å². The van der Waals surface area contributed by atoms with Crippen molar-refractivity contribution in [1.29, 1.82) is 0 Å². The fraction of sp³-hybridized carbons (Fsp3) is 0.875. The van der Waals surface area contributed by atoms with E-state index >= 15 is 0 Å². The van der Waals surface area contributed by atoms with Crippen LogP contribution >= 0.6 is 0 Å². The van der Waals surface area contributed by atoms with E-state index in [1.807, 2.05) is 0 Å². The monoisotopic (exact) mass is 281 g/mol. The summed E-state index contributed by atoms with van der Waals surface area (Å²) in [5, 5.41) is 12.3. The highest BCUT2D eigenvalue weighted by molar-refractivity contribution is 5.79. The lowest BCUT2D eigenvalue weighted by molar-refractivity contribution is -0.148. The Morgan fingerprint density at radius 1 is 1.00 bits per heavy atom. The van der Waals surface area contributed by atoms with Crippen molar-refractivity contribution in [2.24, 2.45) is 11.3 Å². The molecule has 2 rings (SSSR count). The van der Waals surface area contributed by atoms with E-state index in [-0.39, 0.29) is 5.91 Å². The largest absolute Gasteiger partial charge is 0.481 e. The van der Waals surface area contributed by atoms with Crippen LogP contribution in [0.1, 0.15) is 70.6 Å². The molecule has 4 heteroatoms. The van der Waals surface area contributed by atoms with Crippen LogP contribution in [0.3, 0.4) is 0 Å². The van der Waals surface area contributed by atoms with E-state index in [0.717, 1.165) is 25.7 Å². The fourth-order valence-electron chi connectivity index (χ4n) is 3.69. The van der Waals surface area contributed by atoms with Crippen molar-refractivity contribution in [3.8, 4) is 0 Å². The molecule has 0 aromatic rings. The van der Waals surface area contributed by atoms with E-state index < -0.39 is 11.4 Å². The van der Waals surface area contributed by atoms with E-state index in [1.54, 1.807) is 0 Å². The Morgan fingerprint density at radius 2 is 1.60 bits per heavy atom. The summed E-state index contributed by atoms with van der Waals surface area (Å²) in [5.41, 5.74) is -0.695. The Morgan fingerprint density at radius 3 is 2.15 bits per heavy atom. The van der Waals surface area contributed by atoms with Crippen LogP contribution in [0.5, 0.6) is 0 Å². The number of carbonyl (C=O) groups excluding carboxylic acids is 1. The molecule has 2 aliphatic carbocycles. The van der Waals surface area contributed by atoms with Crippen molar-refractivity contribution >= 4 is 11.9 Å². The molecule has 2 N–H and O–H groups in total. The first kappa shape index (κ1) is 15.3. The normalized spacial score (nSPS) is 23.2. The molecule has 0 saturated heterocycles. The predicted octanol–water partition coefficient (Wildman–Crippen LogP) is 3.11. The molecule has 1 amide bonds. The molecule has 0 atom stereocenters. The fourth-order valence-corrected chi connectivity index (χ4v) is 3.69. The summed E-state index contributed by atoms with van der Waals surface area (Å²) in [6, 6.07) is 0. The maximum atomic E-state index is 12.0. The molecular weight excluding hydrogens is 254 g/mol. The molecule has 0 aliphatic heterocycles. The van der Waals surface area contributed by atoms with Crippen molar-refractivity contribution in [1.82, 2.24) is 5.32 Å². The van der Waals surface area contributed by atoms with Crippen LogP contribution < -0.4 is 5.32 Å². The quantitative estimate of drug-likeness (QED) is 0.761. The van der Waals surface area contributed by atoms with Gasteiger partial charge in [-0.25, -0.2) is 0 Å². The maximum absolute atomic E-state index is 12.0. The molecular formula is C16H27NO3. The number of aliphatic carboxylic acids is 1. The summed E-state index contributed by atoms with van der Waals surface area (Å²) in [5.74, 6) is -0.198. The highest BCUT2D eigenvalue weighted by Gasteiger charge is 2.41. The topological polar surface area (TPSA) is 66.4 Å². The van der Waals surface area contributed by atoms with Crippen LogP contribution in [-0.4, -0.2) is 23.5 Å². The standard InChI is InChI=1S/C16H27NO3/c18-14(11-13-7-3-1-2-4-8-13)17-12-16(15(19)20)9-5-6-10-16/h13H,1-12H2,(H,17,18)(H,19,20). The van der Waals surface area contributed by atoms with Gasteiger partial charge in [-0.15, -0.1) is 0 Å². The Hall–Kier alpha value is -1.06. The van der Waals surface area contributed by atoms with Gasteiger partial charge in [0, 0.05) is 13.0 Å². The lowest BCUT2D eigenvalue weighted by Crippen LogP contribution is -2.41. The van der Waals surface area contributed by atoms with Crippen LogP contribution in [0.2, 0.25) is 0 Å². The number of carboxylic acids is 1. The van der Waals surface area contributed by atoms with Gasteiger partial charge in [0.05, 0.1) is 5.41 Å². The van der Waals surface area contributed by atoms with Gasteiger partial charge < -0.3 is 10.4 Å². The van der Waals surface area contributed by atoms with Gasteiger partial charge in [0.15, 0.2) is 0 Å². The minimum Gasteiger partial charge on any atom is -0.481 e. The first-order valence-electron chi connectivity index (χ1n) is 8.12.